The standard InChI is InChI=1S/C18H15F3N4O4S/c1-25-7-14-17(29-8-12(24-30(14)28)13(26)5-15(20)21)16(25)18(27)23-10-2-3-11(19)9(4-10)6-22/h2-5,7,12-13,24,26H,8H2,1H3,(H,23,27). The number of nitrogens with zero attached hydrogens (tertiary/aromatic N) is 2. The Balaban J connectivity index is 1.88. The lowest BCUT2D eigenvalue weighted by atomic mass is 10.2. The van der Waals surface area contributed by atoms with Crippen LogP contribution in [0.4, 0.5) is 18.9 Å². The zero-order valence-corrected chi connectivity index (χ0v) is 16.2. The highest BCUT2D eigenvalue weighted by Gasteiger charge is 2.32. The van der Waals surface area contributed by atoms with Gasteiger partial charge in [-0.2, -0.15) is 14.0 Å². The number of amides is 1. The van der Waals surface area contributed by atoms with Gasteiger partial charge >= 0.3 is 0 Å². The monoisotopic (exact) mass is 440 g/mol. The molecule has 1 aliphatic rings. The van der Waals surface area contributed by atoms with Crippen LogP contribution < -0.4 is 14.8 Å². The van der Waals surface area contributed by atoms with Crippen molar-refractivity contribution in [1.29, 1.82) is 5.26 Å². The number of nitrogens with one attached hydrogen (secondary N) is 2. The number of anilines is 1. The van der Waals surface area contributed by atoms with Gasteiger partial charge in [-0.25, -0.2) is 13.3 Å². The van der Waals surface area contributed by atoms with Crippen molar-refractivity contribution in [3.63, 3.8) is 0 Å². The highest BCUT2D eigenvalue weighted by molar-refractivity contribution is 7.83. The van der Waals surface area contributed by atoms with E-state index in [-0.39, 0.29) is 34.2 Å². The summed E-state index contributed by atoms with van der Waals surface area (Å²) in [5, 5.41) is 21.2. The number of benzene rings is 1. The fourth-order valence-electron chi connectivity index (χ4n) is 2.81. The third kappa shape index (κ3) is 4.38. The first-order chi connectivity index (χ1) is 14.2. The van der Waals surface area contributed by atoms with E-state index >= 15 is 0 Å². The summed E-state index contributed by atoms with van der Waals surface area (Å²) in [6.45, 7) is -0.344. The van der Waals surface area contributed by atoms with Gasteiger partial charge in [0.2, 0.25) is 0 Å². The molecule has 0 saturated carbocycles. The lowest BCUT2D eigenvalue weighted by Crippen LogP contribution is -2.43. The largest absolute Gasteiger partial charge is 0.488 e. The predicted octanol–water partition coefficient (Wildman–Crippen LogP) is 1.80. The molecule has 1 amide bonds. The van der Waals surface area contributed by atoms with Crippen molar-refractivity contribution in [2.75, 3.05) is 11.9 Å². The van der Waals surface area contributed by atoms with Gasteiger partial charge < -0.3 is 19.7 Å². The Morgan fingerprint density at radius 1 is 1.53 bits per heavy atom. The Morgan fingerprint density at radius 2 is 2.27 bits per heavy atom. The summed E-state index contributed by atoms with van der Waals surface area (Å²) >= 11 is 0. The van der Waals surface area contributed by atoms with Crippen LogP contribution in [-0.4, -0.2) is 38.5 Å². The minimum Gasteiger partial charge on any atom is -0.488 e. The lowest BCUT2D eigenvalue weighted by Gasteiger charge is -2.18. The molecule has 2 aromatic rings. The van der Waals surface area contributed by atoms with Crippen LogP contribution in [0.1, 0.15) is 16.1 Å². The van der Waals surface area contributed by atoms with E-state index in [0.717, 1.165) is 12.1 Å². The molecular formula is C18H15F3N4O4S. The summed E-state index contributed by atoms with van der Waals surface area (Å²) in [5.41, 5.74) is -0.145. The average Bonchev–Trinajstić information content (AvgIpc) is 2.93. The number of aliphatic hydroxyl groups excluding tert-OH is 1. The maximum atomic E-state index is 13.5. The maximum absolute atomic E-state index is 13.5. The third-order valence-electron chi connectivity index (χ3n) is 4.24. The Bertz CT molecular complexity index is 1090. The van der Waals surface area contributed by atoms with Crippen molar-refractivity contribution < 1.29 is 32.0 Å². The first-order valence-electron chi connectivity index (χ1n) is 8.43. The summed E-state index contributed by atoms with van der Waals surface area (Å²) < 4.78 is 60.2. The lowest BCUT2D eigenvalue weighted by molar-refractivity contribution is 0.101. The second-order valence-corrected chi connectivity index (χ2v) is 7.51. The van der Waals surface area contributed by atoms with Crippen LogP contribution in [0.2, 0.25) is 0 Å². The Kier molecular flexibility index (Phi) is 6.25. The van der Waals surface area contributed by atoms with Crippen molar-refractivity contribution in [3.8, 4) is 11.8 Å². The van der Waals surface area contributed by atoms with Gasteiger partial charge in [0.15, 0.2) is 11.4 Å². The quantitative estimate of drug-likeness (QED) is 0.671. The summed E-state index contributed by atoms with van der Waals surface area (Å²) in [4.78, 5) is 12.8. The smallest absolute Gasteiger partial charge is 0.276 e. The van der Waals surface area contributed by atoms with Gasteiger partial charge in [-0.1, -0.05) is 0 Å². The minimum atomic E-state index is -2.10. The topological polar surface area (TPSA) is 116 Å². The third-order valence-corrected chi connectivity index (χ3v) is 5.44. The predicted molar refractivity (Wildman–Crippen MR) is 99.6 cm³/mol. The molecule has 8 nitrogen and oxygen atoms in total. The van der Waals surface area contributed by atoms with E-state index in [1.807, 2.05) is 0 Å². The molecule has 12 heteroatoms. The summed E-state index contributed by atoms with van der Waals surface area (Å²) in [6.07, 6.45) is -2.12. The molecule has 0 radical (unpaired) electrons. The van der Waals surface area contributed by atoms with E-state index in [1.165, 1.54) is 23.9 Å². The van der Waals surface area contributed by atoms with Gasteiger partial charge in [-0.05, 0) is 18.2 Å². The first-order valence-corrected chi connectivity index (χ1v) is 9.58. The molecule has 3 rings (SSSR count). The zero-order chi connectivity index (χ0) is 22.0. The highest BCUT2D eigenvalue weighted by atomic mass is 32.2. The van der Waals surface area contributed by atoms with E-state index in [0.29, 0.717) is 6.08 Å². The van der Waals surface area contributed by atoms with Crippen molar-refractivity contribution in [3.05, 3.63) is 53.6 Å². The van der Waals surface area contributed by atoms with Gasteiger partial charge in [0.05, 0.1) is 17.7 Å². The van der Waals surface area contributed by atoms with Crippen LogP contribution in [-0.2, 0) is 18.0 Å². The van der Waals surface area contributed by atoms with Crippen LogP contribution in [0.25, 0.3) is 0 Å². The normalized spacial score (nSPS) is 18.9. The van der Waals surface area contributed by atoms with Crippen LogP contribution in [0, 0.1) is 17.1 Å². The van der Waals surface area contributed by atoms with Crippen molar-refractivity contribution in [1.82, 2.24) is 9.29 Å². The molecule has 3 unspecified atom stereocenters. The second kappa shape index (κ2) is 8.70. The molecule has 0 bridgehead atoms. The number of carbonyl (C=O) groups excluding carboxylic acids is 1. The molecule has 1 aromatic heterocycles. The van der Waals surface area contributed by atoms with E-state index in [1.54, 1.807) is 6.07 Å². The molecule has 0 saturated heterocycles. The SMILES string of the molecule is Cn1cc2c(c1C(=O)Nc1ccc(F)c(C#N)c1)OCC(C(O)C=C(F)F)NS2=O. The average molecular weight is 440 g/mol. The van der Waals surface area contributed by atoms with Gasteiger partial charge in [0.25, 0.3) is 12.0 Å². The van der Waals surface area contributed by atoms with Crippen molar-refractivity contribution in [2.24, 2.45) is 7.05 Å². The fourth-order valence-corrected chi connectivity index (χ4v) is 4.00. The maximum Gasteiger partial charge on any atom is 0.276 e. The minimum absolute atomic E-state index is 0.0367. The van der Waals surface area contributed by atoms with Crippen LogP contribution in [0.3, 0.4) is 0 Å². The Labute approximate surface area is 171 Å². The molecule has 158 valence electrons. The van der Waals surface area contributed by atoms with Crippen LogP contribution >= 0.6 is 0 Å². The summed E-state index contributed by atoms with van der Waals surface area (Å²) in [7, 11) is -0.458. The molecule has 3 N–H and O–H groups in total. The van der Waals surface area contributed by atoms with Crippen molar-refractivity contribution in [2.45, 2.75) is 17.0 Å². The number of nitriles is 1. The van der Waals surface area contributed by atoms with Crippen LogP contribution in [0.15, 0.2) is 41.4 Å². The molecule has 1 aliphatic heterocycles. The number of aryl methyl sites for hydroxylation is 1. The molecular weight excluding hydrogens is 425 g/mol. The van der Waals surface area contributed by atoms with Crippen molar-refractivity contribution >= 4 is 22.6 Å². The van der Waals surface area contributed by atoms with Gasteiger partial charge in [0.1, 0.15) is 34.4 Å². The molecule has 0 spiro atoms. The molecule has 1 aromatic carbocycles. The molecule has 3 atom stereocenters. The zero-order valence-electron chi connectivity index (χ0n) is 15.4. The van der Waals surface area contributed by atoms with E-state index < -0.39 is 40.9 Å². The van der Waals surface area contributed by atoms with Crippen LogP contribution in [0.5, 0.6) is 5.75 Å². The fraction of sp³-hybridized carbons (Fsp3) is 0.222. The number of aromatic nitrogens is 1. The molecule has 0 aliphatic carbocycles. The highest BCUT2D eigenvalue weighted by Crippen LogP contribution is 2.31. The first kappa shape index (κ1) is 21.6. The van der Waals surface area contributed by atoms with Gasteiger partial charge in [-0.3, -0.25) is 4.79 Å². The number of fused-ring (bicyclic) bond motifs is 1. The number of rotatable bonds is 4. The number of aliphatic hydroxyl groups is 1. The number of halogens is 3. The summed E-state index contributed by atoms with van der Waals surface area (Å²) in [6, 6.07) is 3.99. The number of hydrogen-bond acceptors (Lipinski definition) is 5. The Morgan fingerprint density at radius 3 is 2.93 bits per heavy atom. The second-order valence-electron chi connectivity index (χ2n) is 6.29. The van der Waals surface area contributed by atoms with E-state index in [4.69, 9.17) is 10.00 Å². The molecule has 2 heterocycles. The number of carbonyl (C=O) groups is 1. The van der Waals surface area contributed by atoms with E-state index in [9.17, 15) is 27.3 Å². The number of ether oxygens (including phenoxy) is 1. The summed E-state index contributed by atoms with van der Waals surface area (Å²) in [5.74, 6) is -1.49. The van der Waals surface area contributed by atoms with E-state index in [2.05, 4.69) is 10.0 Å². The molecule has 30 heavy (non-hydrogen) atoms. The molecule has 0 fully saturated rings. The Hall–Kier alpha value is -3.14. The van der Waals surface area contributed by atoms with Gasteiger partial charge in [-0.15, -0.1) is 0 Å². The van der Waals surface area contributed by atoms with Gasteiger partial charge in [0, 0.05) is 25.0 Å². The number of hydrogen-bond donors (Lipinski definition) is 3.